The summed E-state index contributed by atoms with van der Waals surface area (Å²) in [5.74, 6) is 0.101. The van der Waals surface area contributed by atoms with Gasteiger partial charge in [0.15, 0.2) is 0 Å². The van der Waals surface area contributed by atoms with Gasteiger partial charge in [-0.1, -0.05) is 30.3 Å². The first-order valence-electron chi connectivity index (χ1n) is 7.36. The van der Waals surface area contributed by atoms with Crippen molar-refractivity contribution in [3.8, 4) is 10.6 Å². The number of rotatable bonds is 4. The molecule has 6 nitrogen and oxygen atoms in total. The highest BCUT2D eigenvalue weighted by Gasteiger charge is 2.17. The van der Waals surface area contributed by atoms with Crippen LogP contribution in [0.2, 0.25) is 0 Å². The number of aryl methyl sites for hydroxylation is 1. The third kappa shape index (κ3) is 3.41. The molecule has 2 aromatic heterocycles. The number of nitrogens with one attached hydrogen (secondary N) is 1. The van der Waals surface area contributed by atoms with E-state index in [1.807, 2.05) is 35.7 Å². The van der Waals surface area contributed by atoms with E-state index >= 15 is 0 Å². The van der Waals surface area contributed by atoms with Crippen LogP contribution in [0.25, 0.3) is 10.6 Å². The van der Waals surface area contributed by atoms with Crippen molar-refractivity contribution in [2.75, 3.05) is 7.05 Å². The first-order chi connectivity index (χ1) is 11.5. The second-order valence-corrected chi connectivity index (χ2v) is 6.24. The third-order valence-corrected chi connectivity index (χ3v) is 4.42. The van der Waals surface area contributed by atoms with Gasteiger partial charge in [0.1, 0.15) is 16.4 Å². The van der Waals surface area contributed by atoms with E-state index < -0.39 is 5.56 Å². The number of H-pyrrole nitrogens is 1. The summed E-state index contributed by atoms with van der Waals surface area (Å²) in [6.45, 7) is 2.00. The number of hydrogen-bond acceptors (Lipinski definition) is 5. The summed E-state index contributed by atoms with van der Waals surface area (Å²) in [5, 5.41) is 2.82. The summed E-state index contributed by atoms with van der Waals surface area (Å²) >= 11 is 1.53. The van der Waals surface area contributed by atoms with Crippen LogP contribution in [0.15, 0.2) is 46.7 Å². The maximum Gasteiger partial charge on any atom is 0.263 e. The second-order valence-electron chi connectivity index (χ2n) is 5.38. The second kappa shape index (κ2) is 6.76. The third-order valence-electron chi connectivity index (χ3n) is 3.48. The fraction of sp³-hybridized carbons (Fsp3) is 0.176. The van der Waals surface area contributed by atoms with Crippen molar-refractivity contribution in [3.05, 3.63) is 69.3 Å². The zero-order chi connectivity index (χ0) is 17.1. The van der Waals surface area contributed by atoms with E-state index in [4.69, 9.17) is 0 Å². The molecule has 1 aromatic carbocycles. The molecule has 24 heavy (non-hydrogen) atoms. The summed E-state index contributed by atoms with van der Waals surface area (Å²) < 4.78 is 0. The number of amides is 1. The normalized spacial score (nSPS) is 10.6. The van der Waals surface area contributed by atoms with Crippen LogP contribution in [0, 0.1) is 6.92 Å². The zero-order valence-corrected chi connectivity index (χ0v) is 14.1. The van der Waals surface area contributed by atoms with Gasteiger partial charge in [-0.3, -0.25) is 9.59 Å². The topological polar surface area (TPSA) is 79.0 Å². The van der Waals surface area contributed by atoms with Crippen molar-refractivity contribution >= 4 is 17.2 Å². The number of nitrogens with zero attached hydrogens (tertiary/aromatic N) is 3. The van der Waals surface area contributed by atoms with E-state index in [1.165, 1.54) is 22.4 Å². The van der Waals surface area contributed by atoms with E-state index in [1.54, 1.807) is 14.0 Å². The molecule has 1 N–H and O–H groups in total. The fourth-order valence-electron chi connectivity index (χ4n) is 2.25. The first-order valence-corrected chi connectivity index (χ1v) is 8.24. The van der Waals surface area contributed by atoms with Crippen molar-refractivity contribution in [1.82, 2.24) is 19.9 Å². The van der Waals surface area contributed by atoms with Crippen molar-refractivity contribution in [2.24, 2.45) is 0 Å². The lowest BCUT2D eigenvalue weighted by Crippen LogP contribution is -2.32. The number of thiazole rings is 1. The highest BCUT2D eigenvalue weighted by molar-refractivity contribution is 7.13. The van der Waals surface area contributed by atoms with Crippen molar-refractivity contribution in [2.45, 2.75) is 13.5 Å². The largest absolute Gasteiger partial charge is 0.336 e. The van der Waals surface area contributed by atoms with E-state index in [0.717, 1.165) is 16.3 Å². The molecule has 0 radical (unpaired) electrons. The fourth-order valence-corrected chi connectivity index (χ4v) is 3.07. The molecule has 3 aromatic rings. The quantitative estimate of drug-likeness (QED) is 0.791. The Hall–Kier alpha value is -2.80. The van der Waals surface area contributed by atoms with Gasteiger partial charge < -0.3 is 9.88 Å². The van der Waals surface area contributed by atoms with Crippen LogP contribution in [0.4, 0.5) is 0 Å². The van der Waals surface area contributed by atoms with Gasteiger partial charge in [-0.25, -0.2) is 9.97 Å². The number of benzene rings is 1. The Bertz CT molecular complexity index is 918. The van der Waals surface area contributed by atoms with Crippen LogP contribution in [0.3, 0.4) is 0 Å². The molecule has 1 amide bonds. The highest BCUT2D eigenvalue weighted by atomic mass is 32.1. The summed E-state index contributed by atoms with van der Waals surface area (Å²) in [6.07, 6.45) is 1.31. The van der Waals surface area contributed by atoms with E-state index in [0.29, 0.717) is 12.4 Å². The minimum Gasteiger partial charge on any atom is -0.336 e. The van der Waals surface area contributed by atoms with Gasteiger partial charge in [-0.05, 0) is 6.92 Å². The molecule has 0 saturated carbocycles. The number of carbonyl (C=O) groups excluding carboxylic acids is 1. The standard InChI is InChI=1S/C17H16N4O2S/c1-11-18-8-14(15(22)19-11)17(23)21(2)9-13-10-24-16(20-13)12-6-4-3-5-7-12/h3-8,10H,9H2,1-2H3,(H,18,19,22). The lowest BCUT2D eigenvalue weighted by atomic mass is 10.2. The molecule has 0 bridgehead atoms. The van der Waals surface area contributed by atoms with Crippen molar-refractivity contribution in [3.63, 3.8) is 0 Å². The number of aromatic nitrogens is 3. The Morgan fingerprint density at radius 2 is 2.04 bits per heavy atom. The van der Waals surface area contributed by atoms with Gasteiger partial charge in [-0.2, -0.15) is 0 Å². The molecule has 0 aliphatic carbocycles. The monoisotopic (exact) mass is 340 g/mol. The molecule has 0 saturated heterocycles. The van der Waals surface area contributed by atoms with Crippen LogP contribution in [0.5, 0.6) is 0 Å². The Kier molecular flexibility index (Phi) is 4.52. The summed E-state index contributed by atoms with van der Waals surface area (Å²) in [7, 11) is 1.64. The van der Waals surface area contributed by atoms with E-state index in [2.05, 4.69) is 15.0 Å². The maximum atomic E-state index is 12.4. The predicted octanol–water partition coefficient (Wildman–Crippen LogP) is 2.47. The molecule has 0 unspecified atom stereocenters. The SMILES string of the molecule is Cc1ncc(C(=O)N(C)Cc2csc(-c3ccccc3)n2)c(=O)[nH]1. The summed E-state index contributed by atoms with van der Waals surface area (Å²) in [4.78, 5) is 36.8. The summed E-state index contributed by atoms with van der Waals surface area (Å²) in [5.41, 5.74) is 1.43. The van der Waals surface area contributed by atoms with Gasteiger partial charge in [0.05, 0.1) is 12.2 Å². The summed E-state index contributed by atoms with van der Waals surface area (Å²) in [6, 6.07) is 9.87. The van der Waals surface area contributed by atoms with Gasteiger partial charge >= 0.3 is 0 Å². The van der Waals surface area contributed by atoms with E-state index in [9.17, 15) is 9.59 Å². The minimum atomic E-state index is -0.428. The van der Waals surface area contributed by atoms with Crippen LogP contribution in [-0.4, -0.2) is 32.8 Å². The zero-order valence-electron chi connectivity index (χ0n) is 13.3. The Morgan fingerprint density at radius 3 is 2.75 bits per heavy atom. The lowest BCUT2D eigenvalue weighted by molar-refractivity contribution is 0.0781. The number of aromatic amines is 1. The van der Waals surface area contributed by atoms with E-state index in [-0.39, 0.29) is 11.5 Å². The average Bonchev–Trinajstić information content (AvgIpc) is 3.03. The predicted molar refractivity (Wildman–Crippen MR) is 92.9 cm³/mol. The van der Waals surface area contributed by atoms with Crippen LogP contribution < -0.4 is 5.56 Å². The van der Waals surface area contributed by atoms with Crippen molar-refractivity contribution < 1.29 is 4.79 Å². The molecule has 7 heteroatoms. The molecule has 0 aliphatic rings. The maximum absolute atomic E-state index is 12.4. The molecule has 0 atom stereocenters. The molecule has 2 heterocycles. The Balaban J connectivity index is 1.75. The molecule has 0 spiro atoms. The first kappa shape index (κ1) is 16.1. The molecule has 0 aliphatic heterocycles. The number of hydrogen-bond donors (Lipinski definition) is 1. The molecule has 0 fully saturated rings. The number of carbonyl (C=O) groups is 1. The molecular weight excluding hydrogens is 324 g/mol. The van der Waals surface area contributed by atoms with Crippen LogP contribution >= 0.6 is 11.3 Å². The van der Waals surface area contributed by atoms with Gasteiger partial charge in [0.25, 0.3) is 11.5 Å². The van der Waals surface area contributed by atoms with Gasteiger partial charge in [-0.15, -0.1) is 11.3 Å². The Labute approximate surface area is 142 Å². The molecular formula is C17H16N4O2S. The average molecular weight is 340 g/mol. The van der Waals surface area contributed by atoms with Gasteiger partial charge in [0, 0.05) is 24.2 Å². The smallest absolute Gasteiger partial charge is 0.263 e. The minimum absolute atomic E-state index is 0.0293. The molecule has 122 valence electrons. The van der Waals surface area contributed by atoms with Crippen LogP contribution in [-0.2, 0) is 6.54 Å². The van der Waals surface area contributed by atoms with Gasteiger partial charge in [0.2, 0.25) is 0 Å². The van der Waals surface area contributed by atoms with Crippen LogP contribution in [0.1, 0.15) is 21.9 Å². The lowest BCUT2D eigenvalue weighted by Gasteiger charge is -2.15. The highest BCUT2D eigenvalue weighted by Crippen LogP contribution is 2.23. The molecule has 3 rings (SSSR count). The van der Waals surface area contributed by atoms with Crippen molar-refractivity contribution in [1.29, 1.82) is 0 Å². The Morgan fingerprint density at radius 1 is 1.29 bits per heavy atom.